The van der Waals surface area contributed by atoms with Gasteiger partial charge in [-0.05, 0) is 35.9 Å². The molecule has 0 saturated carbocycles. The number of nitrogens with zero attached hydrogens (tertiary/aromatic N) is 2. The first-order valence-corrected chi connectivity index (χ1v) is 7.88. The first-order valence-electron chi connectivity index (χ1n) is 7.88. The normalized spacial score (nSPS) is 12.1. The lowest BCUT2D eigenvalue weighted by molar-refractivity contribution is 0.171. The number of phenolic OH excluding ortho intramolecular Hbond substituents is 1. The molecular formula is C19H16N2O5. The minimum absolute atomic E-state index is 0.0519. The molecule has 1 aromatic heterocycles. The highest BCUT2D eigenvalue weighted by Crippen LogP contribution is 2.45. The van der Waals surface area contributed by atoms with Crippen molar-refractivity contribution in [1.29, 1.82) is 0 Å². The first-order chi connectivity index (χ1) is 12.7. The van der Waals surface area contributed by atoms with Crippen molar-refractivity contribution in [3.8, 4) is 51.1 Å². The van der Waals surface area contributed by atoms with Gasteiger partial charge < -0.3 is 24.1 Å². The molecule has 0 amide bonds. The fourth-order valence-corrected chi connectivity index (χ4v) is 2.90. The Morgan fingerprint density at radius 2 is 1.81 bits per heavy atom. The molecule has 7 nitrogen and oxygen atoms in total. The Hall–Kier alpha value is -3.48. The van der Waals surface area contributed by atoms with E-state index in [1.807, 2.05) is 24.3 Å². The van der Waals surface area contributed by atoms with E-state index in [1.54, 1.807) is 25.4 Å². The van der Waals surface area contributed by atoms with Gasteiger partial charge in [-0.2, -0.15) is 5.10 Å². The highest BCUT2D eigenvalue weighted by atomic mass is 16.7. The van der Waals surface area contributed by atoms with E-state index in [4.69, 9.17) is 18.9 Å². The van der Waals surface area contributed by atoms with E-state index in [0.717, 1.165) is 16.7 Å². The first kappa shape index (κ1) is 16.0. The maximum absolute atomic E-state index is 10.1. The molecule has 4 rings (SSSR count). The summed E-state index contributed by atoms with van der Waals surface area (Å²) in [7, 11) is 3.08. The molecule has 0 unspecified atom stereocenters. The second-order valence-electron chi connectivity index (χ2n) is 5.59. The Kier molecular flexibility index (Phi) is 3.96. The molecule has 26 heavy (non-hydrogen) atoms. The number of benzene rings is 2. The third-order valence-electron chi connectivity index (χ3n) is 4.14. The van der Waals surface area contributed by atoms with Gasteiger partial charge in [-0.25, -0.2) is 0 Å². The Morgan fingerprint density at radius 1 is 0.962 bits per heavy atom. The SMILES string of the molecule is COc1ccc(-c2ccnnc2-c2cc(OC)c3c(c2)OCO3)cc1O. The van der Waals surface area contributed by atoms with Crippen LogP contribution in [0.15, 0.2) is 42.6 Å². The largest absolute Gasteiger partial charge is 0.504 e. The van der Waals surface area contributed by atoms with Crippen molar-refractivity contribution in [3.05, 3.63) is 42.6 Å². The van der Waals surface area contributed by atoms with Crippen molar-refractivity contribution >= 4 is 0 Å². The summed E-state index contributed by atoms with van der Waals surface area (Å²) >= 11 is 0. The summed E-state index contributed by atoms with van der Waals surface area (Å²) in [4.78, 5) is 0. The smallest absolute Gasteiger partial charge is 0.231 e. The van der Waals surface area contributed by atoms with Crippen LogP contribution in [0.25, 0.3) is 22.4 Å². The fourth-order valence-electron chi connectivity index (χ4n) is 2.90. The molecule has 0 spiro atoms. The molecule has 2 heterocycles. The molecule has 0 bridgehead atoms. The maximum atomic E-state index is 10.1. The van der Waals surface area contributed by atoms with E-state index in [1.165, 1.54) is 7.11 Å². The standard InChI is InChI=1S/C19H16N2O5/c1-23-15-4-3-11(7-14(15)22)13-5-6-20-21-18(13)12-8-16(24-2)19-17(9-12)25-10-26-19/h3-9,22H,10H2,1-2H3. The Labute approximate surface area is 149 Å². The van der Waals surface area contributed by atoms with Crippen molar-refractivity contribution < 1.29 is 24.1 Å². The molecular weight excluding hydrogens is 336 g/mol. The number of ether oxygens (including phenoxy) is 4. The van der Waals surface area contributed by atoms with E-state index in [0.29, 0.717) is 28.7 Å². The Morgan fingerprint density at radius 3 is 2.58 bits per heavy atom. The van der Waals surface area contributed by atoms with Gasteiger partial charge in [0, 0.05) is 11.1 Å². The Balaban J connectivity index is 1.86. The van der Waals surface area contributed by atoms with Crippen LogP contribution in [0.4, 0.5) is 0 Å². The zero-order valence-corrected chi connectivity index (χ0v) is 14.2. The van der Waals surface area contributed by atoms with E-state index < -0.39 is 0 Å². The van der Waals surface area contributed by atoms with Crippen molar-refractivity contribution in [2.45, 2.75) is 0 Å². The van der Waals surface area contributed by atoms with Crippen LogP contribution in [0, 0.1) is 0 Å². The zero-order chi connectivity index (χ0) is 18.1. The van der Waals surface area contributed by atoms with Crippen molar-refractivity contribution in [1.82, 2.24) is 10.2 Å². The average Bonchev–Trinajstić information content (AvgIpc) is 3.16. The number of fused-ring (bicyclic) bond motifs is 1. The number of hydrogen-bond donors (Lipinski definition) is 1. The fraction of sp³-hybridized carbons (Fsp3) is 0.158. The van der Waals surface area contributed by atoms with E-state index in [9.17, 15) is 5.11 Å². The minimum Gasteiger partial charge on any atom is -0.504 e. The maximum Gasteiger partial charge on any atom is 0.231 e. The number of aromatic nitrogens is 2. The lowest BCUT2D eigenvalue weighted by Crippen LogP contribution is -1.94. The molecule has 132 valence electrons. The van der Waals surface area contributed by atoms with Crippen molar-refractivity contribution in [3.63, 3.8) is 0 Å². The quantitative estimate of drug-likeness (QED) is 0.771. The number of rotatable bonds is 4. The van der Waals surface area contributed by atoms with Crippen molar-refractivity contribution in [2.24, 2.45) is 0 Å². The van der Waals surface area contributed by atoms with Crippen LogP contribution in [0.3, 0.4) is 0 Å². The number of hydrogen-bond acceptors (Lipinski definition) is 7. The van der Waals surface area contributed by atoms with Crippen LogP contribution in [-0.2, 0) is 0 Å². The number of aromatic hydroxyl groups is 1. The lowest BCUT2D eigenvalue weighted by Gasteiger charge is -2.12. The van der Waals surface area contributed by atoms with E-state index >= 15 is 0 Å². The molecule has 1 N–H and O–H groups in total. The molecule has 0 atom stereocenters. The monoisotopic (exact) mass is 352 g/mol. The summed E-state index contributed by atoms with van der Waals surface area (Å²) in [5.41, 5.74) is 2.99. The summed E-state index contributed by atoms with van der Waals surface area (Å²) in [6.45, 7) is 0.148. The molecule has 0 aliphatic carbocycles. The van der Waals surface area contributed by atoms with Crippen molar-refractivity contribution in [2.75, 3.05) is 21.0 Å². The molecule has 2 aromatic carbocycles. The second kappa shape index (κ2) is 6.44. The molecule has 1 aliphatic rings. The predicted molar refractivity (Wildman–Crippen MR) is 93.8 cm³/mol. The van der Waals surface area contributed by atoms with Gasteiger partial charge in [0.25, 0.3) is 0 Å². The summed E-state index contributed by atoms with van der Waals surface area (Å²) in [6.07, 6.45) is 1.60. The Bertz CT molecular complexity index is 974. The third kappa shape index (κ3) is 2.63. The van der Waals surface area contributed by atoms with Gasteiger partial charge in [-0.15, -0.1) is 5.10 Å². The van der Waals surface area contributed by atoms with Gasteiger partial charge in [-0.1, -0.05) is 6.07 Å². The van der Waals surface area contributed by atoms with Crippen LogP contribution in [0.5, 0.6) is 28.7 Å². The minimum atomic E-state index is 0.0519. The highest BCUT2D eigenvalue weighted by Gasteiger charge is 2.22. The lowest BCUT2D eigenvalue weighted by atomic mass is 9.99. The number of methoxy groups -OCH3 is 2. The summed E-state index contributed by atoms with van der Waals surface area (Å²) < 4.78 is 21.4. The summed E-state index contributed by atoms with van der Waals surface area (Å²) in [5, 5.41) is 18.4. The molecule has 1 aliphatic heterocycles. The van der Waals surface area contributed by atoms with Gasteiger partial charge >= 0.3 is 0 Å². The van der Waals surface area contributed by atoms with E-state index in [2.05, 4.69) is 10.2 Å². The number of phenols is 1. The highest BCUT2D eigenvalue weighted by molar-refractivity contribution is 5.83. The average molecular weight is 352 g/mol. The molecule has 0 saturated heterocycles. The molecule has 3 aromatic rings. The summed E-state index contributed by atoms with van der Waals surface area (Å²) in [6, 6.07) is 10.7. The zero-order valence-electron chi connectivity index (χ0n) is 14.2. The molecule has 7 heteroatoms. The third-order valence-corrected chi connectivity index (χ3v) is 4.14. The van der Waals surface area contributed by atoms with Crippen LogP contribution in [0.2, 0.25) is 0 Å². The van der Waals surface area contributed by atoms with Crippen LogP contribution in [-0.4, -0.2) is 36.3 Å². The van der Waals surface area contributed by atoms with Crippen LogP contribution in [0.1, 0.15) is 0 Å². The van der Waals surface area contributed by atoms with Gasteiger partial charge in [0.1, 0.15) is 5.69 Å². The second-order valence-corrected chi connectivity index (χ2v) is 5.59. The van der Waals surface area contributed by atoms with Crippen LogP contribution >= 0.6 is 0 Å². The van der Waals surface area contributed by atoms with Gasteiger partial charge in [0.15, 0.2) is 23.0 Å². The predicted octanol–water partition coefficient (Wildman–Crippen LogP) is 3.26. The molecule has 0 radical (unpaired) electrons. The molecule has 0 fully saturated rings. The van der Waals surface area contributed by atoms with Gasteiger partial charge in [0.05, 0.1) is 20.4 Å². The van der Waals surface area contributed by atoms with E-state index in [-0.39, 0.29) is 12.5 Å². The van der Waals surface area contributed by atoms with Crippen LogP contribution < -0.4 is 18.9 Å². The summed E-state index contributed by atoms with van der Waals surface area (Å²) in [5.74, 6) is 2.18. The topological polar surface area (TPSA) is 82.9 Å². The van der Waals surface area contributed by atoms with Gasteiger partial charge in [-0.3, -0.25) is 0 Å². The van der Waals surface area contributed by atoms with Gasteiger partial charge in [0.2, 0.25) is 12.5 Å².